The molecule has 116 valence electrons. The van der Waals surface area contributed by atoms with Gasteiger partial charge in [0.15, 0.2) is 0 Å². The lowest BCUT2D eigenvalue weighted by Gasteiger charge is -2.36. The van der Waals surface area contributed by atoms with E-state index in [1.54, 1.807) is 11.0 Å². The van der Waals surface area contributed by atoms with Crippen molar-refractivity contribution in [3.63, 3.8) is 0 Å². The summed E-state index contributed by atoms with van der Waals surface area (Å²) >= 11 is 5.77. The van der Waals surface area contributed by atoms with Crippen LogP contribution in [0.15, 0.2) is 24.3 Å². The van der Waals surface area contributed by atoms with Crippen LogP contribution in [0.25, 0.3) is 0 Å². The lowest BCUT2D eigenvalue weighted by molar-refractivity contribution is -0.0589. The maximum absolute atomic E-state index is 12.5. The molecule has 1 amide bonds. The molecular formula is C14H16ClF2NO3. The van der Waals surface area contributed by atoms with E-state index in [1.165, 1.54) is 18.2 Å². The smallest absolute Gasteiger partial charge is 0.387 e. The van der Waals surface area contributed by atoms with Gasteiger partial charge < -0.3 is 14.4 Å². The maximum atomic E-state index is 12.5. The van der Waals surface area contributed by atoms with E-state index in [0.29, 0.717) is 13.1 Å². The van der Waals surface area contributed by atoms with Gasteiger partial charge in [-0.3, -0.25) is 4.79 Å². The molecule has 1 aromatic carbocycles. The van der Waals surface area contributed by atoms with Crippen LogP contribution < -0.4 is 4.74 Å². The zero-order valence-corrected chi connectivity index (χ0v) is 12.2. The fraction of sp³-hybridized carbons (Fsp3) is 0.500. The average Bonchev–Trinajstić information content (AvgIpc) is 2.45. The highest BCUT2D eigenvalue weighted by atomic mass is 35.5. The van der Waals surface area contributed by atoms with Gasteiger partial charge >= 0.3 is 6.61 Å². The highest BCUT2D eigenvalue weighted by Gasteiger charge is 2.30. The van der Waals surface area contributed by atoms with Gasteiger partial charge in [-0.15, -0.1) is 11.6 Å². The fourth-order valence-electron chi connectivity index (χ4n) is 2.31. The molecular weight excluding hydrogens is 304 g/mol. The summed E-state index contributed by atoms with van der Waals surface area (Å²) in [6.07, 6.45) is -0.419. The first-order valence-corrected chi connectivity index (χ1v) is 7.09. The number of alkyl halides is 3. The molecule has 1 aliphatic rings. The Balaban J connectivity index is 2.19. The van der Waals surface area contributed by atoms with Crippen molar-refractivity contribution in [2.45, 2.75) is 25.7 Å². The summed E-state index contributed by atoms with van der Waals surface area (Å²) in [6, 6.07) is 5.96. The number of carbonyl (C=O) groups is 1. The molecule has 0 saturated carbocycles. The van der Waals surface area contributed by atoms with E-state index in [9.17, 15) is 13.6 Å². The van der Waals surface area contributed by atoms with E-state index in [-0.39, 0.29) is 35.3 Å². The molecule has 0 bridgehead atoms. The molecule has 2 atom stereocenters. The zero-order chi connectivity index (χ0) is 15.4. The van der Waals surface area contributed by atoms with Crippen molar-refractivity contribution in [3.8, 4) is 5.75 Å². The number of ether oxygens (including phenoxy) is 2. The van der Waals surface area contributed by atoms with Crippen LogP contribution in [-0.4, -0.2) is 48.6 Å². The summed E-state index contributed by atoms with van der Waals surface area (Å²) in [5.74, 6) is -0.223. The van der Waals surface area contributed by atoms with E-state index >= 15 is 0 Å². The normalized spacial score (nSPS) is 22.4. The van der Waals surface area contributed by atoms with Crippen LogP contribution in [0.1, 0.15) is 17.3 Å². The van der Waals surface area contributed by atoms with E-state index < -0.39 is 6.61 Å². The van der Waals surface area contributed by atoms with Gasteiger partial charge in [-0.1, -0.05) is 12.1 Å². The monoisotopic (exact) mass is 319 g/mol. The molecule has 1 saturated heterocycles. The molecule has 4 nitrogen and oxygen atoms in total. The van der Waals surface area contributed by atoms with Crippen molar-refractivity contribution >= 4 is 17.5 Å². The molecule has 2 unspecified atom stereocenters. The van der Waals surface area contributed by atoms with Gasteiger partial charge in [-0.2, -0.15) is 8.78 Å². The number of hydrogen-bond acceptors (Lipinski definition) is 3. The molecule has 0 aromatic heterocycles. The molecule has 1 heterocycles. The quantitative estimate of drug-likeness (QED) is 0.801. The van der Waals surface area contributed by atoms with Gasteiger partial charge in [0.05, 0.1) is 23.7 Å². The van der Waals surface area contributed by atoms with Gasteiger partial charge in [0, 0.05) is 13.1 Å². The Morgan fingerprint density at radius 2 is 2.19 bits per heavy atom. The molecule has 21 heavy (non-hydrogen) atoms. The second-order valence-corrected chi connectivity index (χ2v) is 5.12. The Morgan fingerprint density at radius 1 is 1.48 bits per heavy atom. The van der Waals surface area contributed by atoms with Gasteiger partial charge in [-0.25, -0.2) is 0 Å². The molecule has 0 aliphatic carbocycles. The van der Waals surface area contributed by atoms with Gasteiger partial charge in [0.1, 0.15) is 5.75 Å². The molecule has 1 aliphatic heterocycles. The third-order valence-corrected chi connectivity index (χ3v) is 3.46. The Bertz CT molecular complexity index is 501. The third-order valence-electron chi connectivity index (χ3n) is 3.12. The Kier molecular flexibility index (Phi) is 5.36. The number of rotatable bonds is 4. The van der Waals surface area contributed by atoms with Crippen LogP contribution in [0.4, 0.5) is 8.78 Å². The first-order chi connectivity index (χ1) is 10.0. The van der Waals surface area contributed by atoms with Gasteiger partial charge in [-0.05, 0) is 19.1 Å². The van der Waals surface area contributed by atoms with Crippen molar-refractivity contribution in [1.29, 1.82) is 0 Å². The van der Waals surface area contributed by atoms with E-state index in [4.69, 9.17) is 16.3 Å². The summed E-state index contributed by atoms with van der Waals surface area (Å²) in [5.41, 5.74) is 0.111. The number of benzene rings is 1. The molecule has 0 radical (unpaired) electrons. The molecule has 1 aromatic rings. The second kappa shape index (κ2) is 7.04. The van der Waals surface area contributed by atoms with Crippen molar-refractivity contribution in [3.05, 3.63) is 29.8 Å². The van der Waals surface area contributed by atoms with Crippen LogP contribution in [0.2, 0.25) is 0 Å². The van der Waals surface area contributed by atoms with Crippen LogP contribution in [-0.2, 0) is 4.74 Å². The standard InChI is InChI=1S/C14H16ClF2NO3/c1-9-7-18(8-10(6-15)20-9)13(19)11-4-2-3-5-12(11)21-14(16)17/h2-5,9-10,14H,6-8H2,1H3. The number of hydrogen-bond donors (Lipinski definition) is 0. The van der Waals surface area contributed by atoms with Crippen LogP contribution in [0.3, 0.4) is 0 Å². The predicted molar refractivity (Wildman–Crippen MR) is 74.0 cm³/mol. The van der Waals surface area contributed by atoms with Gasteiger partial charge in [0.25, 0.3) is 5.91 Å². The molecule has 0 spiro atoms. The average molecular weight is 320 g/mol. The summed E-state index contributed by atoms with van der Waals surface area (Å²) < 4.78 is 34.8. The predicted octanol–water partition coefficient (Wildman–Crippen LogP) is 2.76. The lowest BCUT2D eigenvalue weighted by atomic mass is 10.1. The maximum Gasteiger partial charge on any atom is 0.387 e. The van der Waals surface area contributed by atoms with Crippen LogP contribution in [0, 0.1) is 0 Å². The third kappa shape index (κ3) is 4.04. The van der Waals surface area contributed by atoms with E-state index in [1.807, 2.05) is 6.92 Å². The number of carbonyl (C=O) groups excluding carboxylic acids is 1. The molecule has 2 rings (SSSR count). The number of amides is 1. The SMILES string of the molecule is CC1CN(C(=O)c2ccccc2OC(F)F)CC(CCl)O1. The van der Waals surface area contributed by atoms with Gasteiger partial charge in [0.2, 0.25) is 0 Å². The molecule has 0 N–H and O–H groups in total. The van der Waals surface area contributed by atoms with E-state index in [2.05, 4.69) is 4.74 Å². The highest BCUT2D eigenvalue weighted by molar-refractivity contribution is 6.18. The minimum Gasteiger partial charge on any atom is -0.434 e. The molecule has 1 fully saturated rings. The first kappa shape index (κ1) is 16.0. The summed E-state index contributed by atoms with van der Waals surface area (Å²) in [5, 5.41) is 0. The van der Waals surface area contributed by atoms with Crippen molar-refractivity contribution in [2.24, 2.45) is 0 Å². The lowest BCUT2D eigenvalue weighted by Crippen LogP contribution is -2.49. The minimum atomic E-state index is -2.97. The largest absolute Gasteiger partial charge is 0.434 e. The fourth-order valence-corrected chi connectivity index (χ4v) is 2.48. The summed E-state index contributed by atoms with van der Waals surface area (Å²) in [4.78, 5) is 14.1. The Morgan fingerprint density at radius 3 is 2.86 bits per heavy atom. The first-order valence-electron chi connectivity index (χ1n) is 6.55. The summed E-state index contributed by atoms with van der Waals surface area (Å²) in [7, 11) is 0. The Hall–Kier alpha value is -1.40. The number of halogens is 3. The zero-order valence-electron chi connectivity index (χ0n) is 11.5. The second-order valence-electron chi connectivity index (χ2n) is 4.81. The van der Waals surface area contributed by atoms with Crippen molar-refractivity contribution < 1.29 is 23.0 Å². The molecule has 7 heteroatoms. The summed E-state index contributed by atoms with van der Waals surface area (Å²) in [6.45, 7) is -0.427. The topological polar surface area (TPSA) is 38.8 Å². The number of nitrogens with zero attached hydrogens (tertiary/aromatic N) is 1. The number of morpholine rings is 1. The van der Waals surface area contributed by atoms with Crippen LogP contribution >= 0.6 is 11.6 Å². The highest BCUT2D eigenvalue weighted by Crippen LogP contribution is 2.23. The van der Waals surface area contributed by atoms with Crippen LogP contribution in [0.5, 0.6) is 5.75 Å². The number of para-hydroxylation sites is 1. The minimum absolute atomic E-state index is 0.111. The van der Waals surface area contributed by atoms with Crippen molar-refractivity contribution in [2.75, 3.05) is 19.0 Å². The Labute approximate surface area is 126 Å². The van der Waals surface area contributed by atoms with Crippen molar-refractivity contribution in [1.82, 2.24) is 4.90 Å². The van der Waals surface area contributed by atoms with E-state index in [0.717, 1.165) is 0 Å².